The summed E-state index contributed by atoms with van der Waals surface area (Å²) in [4.78, 5) is 14.0. The van der Waals surface area contributed by atoms with E-state index in [2.05, 4.69) is 10.2 Å². The van der Waals surface area contributed by atoms with Crippen molar-refractivity contribution in [2.45, 2.75) is 32.4 Å². The van der Waals surface area contributed by atoms with Crippen LogP contribution in [0.1, 0.15) is 20.3 Å². The van der Waals surface area contributed by atoms with Crippen LogP contribution in [0.2, 0.25) is 0 Å². The van der Waals surface area contributed by atoms with Crippen molar-refractivity contribution in [3.8, 4) is 0 Å². The Hall–Kier alpha value is -0.650. The summed E-state index contributed by atoms with van der Waals surface area (Å²) >= 11 is 0. The van der Waals surface area contributed by atoms with Crippen LogP contribution in [0.15, 0.2) is 0 Å². The first-order valence-electron chi connectivity index (χ1n) is 6.02. The van der Waals surface area contributed by atoms with Gasteiger partial charge in [0.25, 0.3) is 0 Å². The molecule has 2 atom stereocenters. The zero-order valence-corrected chi connectivity index (χ0v) is 10.2. The van der Waals surface area contributed by atoms with Gasteiger partial charge in [-0.25, -0.2) is 0 Å². The van der Waals surface area contributed by atoms with Crippen LogP contribution >= 0.6 is 0 Å². The van der Waals surface area contributed by atoms with Crippen molar-refractivity contribution in [2.24, 2.45) is 5.73 Å². The Morgan fingerprint density at radius 3 is 3.06 bits per heavy atom. The predicted octanol–water partition coefficient (Wildman–Crippen LogP) is -0.439. The molecular formula is C11H23N3O2. The highest BCUT2D eigenvalue weighted by Crippen LogP contribution is 2.10. The number of amides is 1. The third-order valence-electron chi connectivity index (χ3n) is 2.97. The van der Waals surface area contributed by atoms with E-state index < -0.39 is 0 Å². The molecule has 16 heavy (non-hydrogen) atoms. The molecule has 5 nitrogen and oxygen atoms in total. The second-order valence-electron chi connectivity index (χ2n) is 4.17. The van der Waals surface area contributed by atoms with Crippen molar-refractivity contribution >= 4 is 5.91 Å². The van der Waals surface area contributed by atoms with Gasteiger partial charge in [0, 0.05) is 25.7 Å². The fourth-order valence-corrected chi connectivity index (χ4v) is 1.93. The number of rotatable bonds is 5. The van der Waals surface area contributed by atoms with Gasteiger partial charge in [0.15, 0.2) is 0 Å². The number of carbonyl (C=O) groups excluding carboxylic acids is 1. The zero-order valence-electron chi connectivity index (χ0n) is 10.2. The fourth-order valence-electron chi connectivity index (χ4n) is 1.93. The molecule has 5 heteroatoms. The van der Waals surface area contributed by atoms with E-state index in [0.29, 0.717) is 19.8 Å². The molecule has 0 spiro atoms. The summed E-state index contributed by atoms with van der Waals surface area (Å²) in [6.45, 7) is 7.33. The number of morpholine rings is 1. The standard InChI is InChI=1S/C11H23N3O2/c1-3-4-13-11(15)9(2)14-5-6-16-8-10(14)7-12/h9-10H,3-8,12H2,1-2H3,(H,13,15). The van der Waals surface area contributed by atoms with Crippen molar-refractivity contribution in [1.29, 1.82) is 0 Å². The first-order chi connectivity index (χ1) is 7.70. The van der Waals surface area contributed by atoms with Crippen LogP contribution < -0.4 is 11.1 Å². The van der Waals surface area contributed by atoms with Gasteiger partial charge in [0.2, 0.25) is 5.91 Å². The Bertz CT molecular complexity index is 223. The summed E-state index contributed by atoms with van der Waals surface area (Å²) < 4.78 is 5.36. The molecule has 0 aliphatic carbocycles. The lowest BCUT2D eigenvalue weighted by molar-refractivity contribution is -0.129. The van der Waals surface area contributed by atoms with E-state index in [-0.39, 0.29) is 18.0 Å². The largest absolute Gasteiger partial charge is 0.378 e. The van der Waals surface area contributed by atoms with Crippen molar-refractivity contribution in [3.05, 3.63) is 0 Å². The van der Waals surface area contributed by atoms with Crippen molar-refractivity contribution < 1.29 is 9.53 Å². The van der Waals surface area contributed by atoms with E-state index in [4.69, 9.17) is 10.5 Å². The Balaban J connectivity index is 2.49. The lowest BCUT2D eigenvalue weighted by atomic mass is 10.1. The lowest BCUT2D eigenvalue weighted by Crippen LogP contribution is -2.57. The highest BCUT2D eigenvalue weighted by Gasteiger charge is 2.29. The molecule has 1 rings (SSSR count). The fraction of sp³-hybridized carbons (Fsp3) is 0.909. The van der Waals surface area contributed by atoms with Gasteiger partial charge in [0.05, 0.1) is 19.3 Å². The van der Waals surface area contributed by atoms with Crippen LogP contribution in [0.4, 0.5) is 0 Å². The predicted molar refractivity (Wildman–Crippen MR) is 63.1 cm³/mol. The summed E-state index contributed by atoms with van der Waals surface area (Å²) in [5, 5.41) is 2.91. The van der Waals surface area contributed by atoms with Gasteiger partial charge in [-0.3, -0.25) is 9.69 Å². The average Bonchev–Trinajstić information content (AvgIpc) is 2.34. The molecule has 1 amide bonds. The number of ether oxygens (including phenoxy) is 1. The maximum Gasteiger partial charge on any atom is 0.237 e. The maximum absolute atomic E-state index is 11.8. The van der Waals surface area contributed by atoms with E-state index >= 15 is 0 Å². The summed E-state index contributed by atoms with van der Waals surface area (Å²) in [5.41, 5.74) is 5.68. The van der Waals surface area contributed by atoms with Crippen LogP contribution in [0.5, 0.6) is 0 Å². The molecule has 1 heterocycles. The number of hydrogen-bond donors (Lipinski definition) is 2. The van der Waals surface area contributed by atoms with Crippen LogP contribution in [0.3, 0.4) is 0 Å². The number of nitrogens with one attached hydrogen (secondary N) is 1. The molecule has 1 saturated heterocycles. The third-order valence-corrected chi connectivity index (χ3v) is 2.97. The molecular weight excluding hydrogens is 206 g/mol. The molecule has 0 aromatic rings. The summed E-state index contributed by atoms with van der Waals surface area (Å²) in [6.07, 6.45) is 0.960. The first kappa shape index (κ1) is 13.4. The van der Waals surface area contributed by atoms with Gasteiger partial charge in [0.1, 0.15) is 0 Å². The second kappa shape index (κ2) is 6.83. The van der Waals surface area contributed by atoms with Crippen LogP contribution in [-0.2, 0) is 9.53 Å². The Kier molecular flexibility index (Phi) is 5.73. The molecule has 1 aliphatic rings. The first-order valence-corrected chi connectivity index (χ1v) is 6.02. The highest BCUT2D eigenvalue weighted by atomic mass is 16.5. The quantitative estimate of drug-likeness (QED) is 0.671. The second-order valence-corrected chi connectivity index (χ2v) is 4.17. The van der Waals surface area contributed by atoms with Crippen molar-refractivity contribution in [2.75, 3.05) is 32.8 Å². The highest BCUT2D eigenvalue weighted by molar-refractivity contribution is 5.81. The molecule has 0 bridgehead atoms. The van der Waals surface area contributed by atoms with Gasteiger partial charge >= 0.3 is 0 Å². The molecule has 2 unspecified atom stereocenters. The Morgan fingerprint density at radius 2 is 2.44 bits per heavy atom. The van der Waals surface area contributed by atoms with E-state index in [1.807, 2.05) is 13.8 Å². The van der Waals surface area contributed by atoms with Crippen LogP contribution in [0, 0.1) is 0 Å². The number of nitrogens with two attached hydrogens (primary N) is 1. The summed E-state index contributed by atoms with van der Waals surface area (Å²) in [6, 6.07) is 0.0418. The summed E-state index contributed by atoms with van der Waals surface area (Å²) in [7, 11) is 0. The minimum Gasteiger partial charge on any atom is -0.378 e. The molecule has 94 valence electrons. The van der Waals surface area contributed by atoms with Gasteiger partial charge in [-0.2, -0.15) is 0 Å². The van der Waals surface area contributed by atoms with Crippen molar-refractivity contribution in [1.82, 2.24) is 10.2 Å². The number of hydrogen-bond acceptors (Lipinski definition) is 4. The molecule has 0 saturated carbocycles. The molecule has 1 aliphatic heterocycles. The Labute approximate surface area is 97.3 Å². The minimum atomic E-state index is -0.121. The smallest absolute Gasteiger partial charge is 0.237 e. The number of nitrogens with zero attached hydrogens (tertiary/aromatic N) is 1. The maximum atomic E-state index is 11.8. The van der Waals surface area contributed by atoms with E-state index in [1.165, 1.54) is 0 Å². The van der Waals surface area contributed by atoms with Crippen LogP contribution in [0.25, 0.3) is 0 Å². The monoisotopic (exact) mass is 229 g/mol. The zero-order chi connectivity index (χ0) is 12.0. The molecule has 0 aromatic carbocycles. The minimum absolute atomic E-state index is 0.0854. The molecule has 0 radical (unpaired) electrons. The average molecular weight is 229 g/mol. The van der Waals surface area contributed by atoms with Gasteiger partial charge in [-0.15, -0.1) is 0 Å². The number of carbonyl (C=O) groups is 1. The van der Waals surface area contributed by atoms with E-state index in [0.717, 1.165) is 19.5 Å². The van der Waals surface area contributed by atoms with Gasteiger partial charge < -0.3 is 15.8 Å². The molecule has 0 aromatic heterocycles. The topological polar surface area (TPSA) is 67.6 Å². The summed E-state index contributed by atoms with van der Waals surface area (Å²) in [5.74, 6) is 0.0854. The van der Waals surface area contributed by atoms with Crippen LogP contribution in [-0.4, -0.2) is 55.7 Å². The Morgan fingerprint density at radius 1 is 1.69 bits per heavy atom. The SMILES string of the molecule is CCCNC(=O)C(C)N1CCOCC1CN. The molecule has 1 fully saturated rings. The van der Waals surface area contributed by atoms with Gasteiger partial charge in [-0.05, 0) is 13.3 Å². The van der Waals surface area contributed by atoms with Crippen molar-refractivity contribution in [3.63, 3.8) is 0 Å². The normalized spacial score (nSPS) is 24.1. The third kappa shape index (κ3) is 3.43. The van der Waals surface area contributed by atoms with E-state index in [1.54, 1.807) is 0 Å². The van der Waals surface area contributed by atoms with E-state index in [9.17, 15) is 4.79 Å². The lowest BCUT2D eigenvalue weighted by Gasteiger charge is -2.38. The van der Waals surface area contributed by atoms with Gasteiger partial charge in [-0.1, -0.05) is 6.92 Å². The molecule has 3 N–H and O–H groups in total.